The van der Waals surface area contributed by atoms with Crippen molar-refractivity contribution in [3.63, 3.8) is 0 Å². The largest absolute Gasteiger partial charge is 0.316 e. The fourth-order valence-electron chi connectivity index (χ4n) is 2.99. The first-order valence-electron chi connectivity index (χ1n) is 8.59. The van der Waals surface area contributed by atoms with Crippen molar-refractivity contribution in [3.8, 4) is 0 Å². The monoisotopic (exact) mass is 381 g/mol. The number of nitrogens with zero attached hydrogens (tertiary/aromatic N) is 3. The summed E-state index contributed by atoms with van der Waals surface area (Å²) in [5, 5.41) is 0. The van der Waals surface area contributed by atoms with Gasteiger partial charge < -0.3 is 4.57 Å². The minimum absolute atomic E-state index is 0.204. The molecule has 1 amide bonds. The van der Waals surface area contributed by atoms with Crippen LogP contribution < -0.4 is 4.80 Å². The zero-order valence-corrected chi connectivity index (χ0v) is 16.6. The summed E-state index contributed by atoms with van der Waals surface area (Å²) in [6.45, 7) is 7.23. The Morgan fingerprint density at radius 1 is 1.15 bits per heavy atom. The summed E-state index contributed by atoms with van der Waals surface area (Å²) in [6, 6.07) is 9.95. The highest BCUT2D eigenvalue weighted by molar-refractivity contribution is 7.17. The lowest BCUT2D eigenvalue weighted by Gasteiger charge is -2.05. The highest BCUT2D eigenvalue weighted by Gasteiger charge is 2.11. The zero-order valence-electron chi connectivity index (χ0n) is 14.9. The van der Waals surface area contributed by atoms with Crippen LogP contribution in [-0.2, 0) is 6.54 Å². The maximum atomic E-state index is 12.8. The van der Waals surface area contributed by atoms with Gasteiger partial charge in [0, 0.05) is 12.1 Å². The smallest absolute Gasteiger partial charge is 0.279 e. The first-order valence-corrected chi connectivity index (χ1v) is 10.3. The fourth-order valence-corrected chi connectivity index (χ4v) is 4.84. The third-order valence-electron chi connectivity index (χ3n) is 4.52. The molecule has 0 bridgehead atoms. The standard InChI is InChI=1S/C20H19N3OS2/c1-4-7-23-16-8-12(2)13(3)9-18(16)26-20(23)22-19(24)14-5-6-15-17(10-14)25-11-21-15/h5-6,8-11H,4,7H2,1-3H3. The molecule has 2 heterocycles. The molecule has 4 nitrogen and oxygen atoms in total. The molecule has 0 atom stereocenters. The Hall–Kier alpha value is -2.31. The SMILES string of the molecule is CCCn1c(=NC(=O)c2ccc3ncsc3c2)sc2cc(C)c(C)cc21. The highest BCUT2D eigenvalue weighted by atomic mass is 32.1. The van der Waals surface area contributed by atoms with Crippen molar-refractivity contribution >= 4 is 49.0 Å². The minimum Gasteiger partial charge on any atom is -0.316 e. The second-order valence-electron chi connectivity index (χ2n) is 6.39. The molecule has 4 aromatic rings. The van der Waals surface area contributed by atoms with E-state index in [4.69, 9.17) is 0 Å². The molecule has 0 aliphatic heterocycles. The first-order chi connectivity index (χ1) is 12.6. The molecule has 132 valence electrons. The molecule has 0 N–H and O–H groups in total. The van der Waals surface area contributed by atoms with Gasteiger partial charge in [-0.25, -0.2) is 4.98 Å². The number of hydrogen-bond donors (Lipinski definition) is 0. The van der Waals surface area contributed by atoms with Crippen LogP contribution in [0.1, 0.15) is 34.8 Å². The van der Waals surface area contributed by atoms with Gasteiger partial charge in [0.25, 0.3) is 5.91 Å². The minimum atomic E-state index is -0.204. The predicted octanol–water partition coefficient (Wildman–Crippen LogP) is 5.08. The molecule has 0 unspecified atom stereocenters. The lowest BCUT2D eigenvalue weighted by molar-refractivity contribution is 0.0998. The number of fused-ring (bicyclic) bond motifs is 2. The van der Waals surface area contributed by atoms with Gasteiger partial charge in [-0.05, 0) is 61.7 Å². The van der Waals surface area contributed by atoms with Gasteiger partial charge in [-0.3, -0.25) is 4.79 Å². The van der Waals surface area contributed by atoms with E-state index in [1.54, 1.807) is 22.9 Å². The summed E-state index contributed by atoms with van der Waals surface area (Å²) in [6.07, 6.45) is 0.993. The summed E-state index contributed by atoms with van der Waals surface area (Å²) in [5.74, 6) is -0.204. The zero-order chi connectivity index (χ0) is 18.3. The van der Waals surface area contributed by atoms with Crippen molar-refractivity contribution in [2.75, 3.05) is 0 Å². The van der Waals surface area contributed by atoms with Crippen LogP contribution in [0.5, 0.6) is 0 Å². The van der Waals surface area contributed by atoms with E-state index < -0.39 is 0 Å². The molecule has 0 radical (unpaired) electrons. The van der Waals surface area contributed by atoms with Gasteiger partial charge in [-0.1, -0.05) is 18.3 Å². The maximum absolute atomic E-state index is 12.8. The molecule has 6 heteroatoms. The number of rotatable bonds is 3. The van der Waals surface area contributed by atoms with Crippen LogP contribution in [0.25, 0.3) is 20.4 Å². The van der Waals surface area contributed by atoms with Crippen molar-refractivity contribution in [1.29, 1.82) is 0 Å². The van der Waals surface area contributed by atoms with Gasteiger partial charge in [0.05, 0.1) is 25.9 Å². The molecule has 0 aliphatic carbocycles. The maximum Gasteiger partial charge on any atom is 0.279 e. The molecular formula is C20H19N3OS2. The van der Waals surface area contributed by atoms with E-state index in [1.807, 2.05) is 12.1 Å². The number of thiazole rings is 2. The number of amides is 1. The average Bonchev–Trinajstić information content (AvgIpc) is 3.21. The van der Waals surface area contributed by atoms with Crippen molar-refractivity contribution in [2.45, 2.75) is 33.7 Å². The van der Waals surface area contributed by atoms with Crippen LogP contribution in [0.2, 0.25) is 0 Å². The lowest BCUT2D eigenvalue weighted by Crippen LogP contribution is -2.16. The van der Waals surface area contributed by atoms with E-state index in [-0.39, 0.29) is 5.91 Å². The summed E-state index contributed by atoms with van der Waals surface area (Å²) < 4.78 is 4.34. The van der Waals surface area contributed by atoms with Gasteiger partial charge in [0.2, 0.25) is 0 Å². The van der Waals surface area contributed by atoms with E-state index >= 15 is 0 Å². The number of benzene rings is 2. The van der Waals surface area contributed by atoms with E-state index in [0.29, 0.717) is 5.56 Å². The Morgan fingerprint density at radius 2 is 1.96 bits per heavy atom. The number of carbonyl (C=O) groups is 1. The topological polar surface area (TPSA) is 47.2 Å². The van der Waals surface area contributed by atoms with Gasteiger partial charge in [0.15, 0.2) is 4.80 Å². The van der Waals surface area contributed by atoms with Crippen LogP contribution in [0.4, 0.5) is 0 Å². The summed E-state index contributed by atoms with van der Waals surface area (Å²) in [7, 11) is 0. The Balaban J connectivity index is 1.85. The van der Waals surface area contributed by atoms with Crippen LogP contribution in [0.3, 0.4) is 0 Å². The van der Waals surface area contributed by atoms with E-state index in [2.05, 4.69) is 47.4 Å². The second-order valence-corrected chi connectivity index (χ2v) is 8.29. The quantitative estimate of drug-likeness (QED) is 0.497. The number of hydrogen-bond acceptors (Lipinski definition) is 4. The fraction of sp³-hybridized carbons (Fsp3) is 0.250. The van der Waals surface area contributed by atoms with Gasteiger partial charge in [-0.15, -0.1) is 11.3 Å². The predicted molar refractivity (Wildman–Crippen MR) is 109 cm³/mol. The Bertz CT molecular complexity index is 1200. The van der Waals surface area contributed by atoms with Crippen LogP contribution in [0.15, 0.2) is 40.8 Å². The van der Waals surface area contributed by atoms with E-state index in [9.17, 15) is 4.79 Å². The number of carbonyl (C=O) groups excluding carboxylic acids is 1. The second kappa shape index (κ2) is 6.78. The average molecular weight is 382 g/mol. The highest BCUT2D eigenvalue weighted by Crippen LogP contribution is 2.23. The third kappa shape index (κ3) is 2.99. The number of aromatic nitrogens is 2. The van der Waals surface area contributed by atoms with E-state index in [0.717, 1.165) is 33.5 Å². The van der Waals surface area contributed by atoms with Crippen molar-refractivity contribution in [2.24, 2.45) is 4.99 Å². The summed E-state index contributed by atoms with van der Waals surface area (Å²) in [4.78, 5) is 22.2. The molecule has 4 rings (SSSR count). The molecule has 26 heavy (non-hydrogen) atoms. The third-order valence-corrected chi connectivity index (χ3v) is 6.35. The van der Waals surface area contributed by atoms with Crippen LogP contribution in [-0.4, -0.2) is 15.5 Å². The normalized spacial score (nSPS) is 12.3. The lowest BCUT2D eigenvalue weighted by atomic mass is 10.1. The molecule has 0 saturated carbocycles. The molecule has 0 spiro atoms. The molecule has 2 aromatic heterocycles. The van der Waals surface area contributed by atoms with Gasteiger partial charge in [-0.2, -0.15) is 4.99 Å². The van der Waals surface area contributed by atoms with Gasteiger partial charge >= 0.3 is 0 Å². The first kappa shape index (κ1) is 17.1. The Morgan fingerprint density at radius 3 is 2.77 bits per heavy atom. The molecular weight excluding hydrogens is 362 g/mol. The van der Waals surface area contributed by atoms with Crippen LogP contribution in [0, 0.1) is 13.8 Å². The molecule has 0 fully saturated rings. The Labute approximate surface area is 159 Å². The summed E-state index contributed by atoms with van der Waals surface area (Å²) in [5.41, 5.74) is 6.99. The van der Waals surface area contributed by atoms with Crippen molar-refractivity contribution in [3.05, 3.63) is 57.3 Å². The molecule has 2 aromatic carbocycles. The molecule has 0 saturated heterocycles. The van der Waals surface area contributed by atoms with Crippen molar-refractivity contribution < 1.29 is 4.79 Å². The summed E-state index contributed by atoms with van der Waals surface area (Å²) >= 11 is 3.12. The van der Waals surface area contributed by atoms with Crippen LogP contribution >= 0.6 is 22.7 Å². The number of aryl methyl sites for hydroxylation is 3. The van der Waals surface area contributed by atoms with Crippen molar-refractivity contribution in [1.82, 2.24) is 9.55 Å². The van der Waals surface area contributed by atoms with Gasteiger partial charge in [0.1, 0.15) is 0 Å². The molecule has 0 aliphatic rings. The Kier molecular flexibility index (Phi) is 4.46. The van der Waals surface area contributed by atoms with E-state index in [1.165, 1.54) is 27.2 Å².